The van der Waals surface area contributed by atoms with E-state index in [1.807, 2.05) is 0 Å². The number of unbranched alkanes of at least 4 members (excludes halogenated alkanes) is 3. The predicted molar refractivity (Wildman–Crippen MR) is 64.5 cm³/mol. The van der Waals surface area contributed by atoms with E-state index in [2.05, 4.69) is 32.7 Å². The van der Waals surface area contributed by atoms with Gasteiger partial charge in [-0.25, -0.2) is 0 Å². The molecule has 0 aromatic carbocycles. The number of likely N-dealkylation sites (N-methyl/N-ethyl adjacent to an activating group) is 1. The number of nitrogens with two attached hydrogens (primary N) is 1. The molecule has 0 aromatic heterocycles. The molecule has 0 bridgehead atoms. The average Bonchev–Trinajstić information content (AvgIpc) is 2.12. The largest absolute Gasteiger partial charge is 0.326 e. The highest BCUT2D eigenvalue weighted by atomic mass is 15.1. The maximum absolute atomic E-state index is 6.01. The molecule has 0 fully saturated rings. The summed E-state index contributed by atoms with van der Waals surface area (Å²) in [6, 6.07) is 0.325. The zero-order chi connectivity index (χ0) is 11.0. The van der Waals surface area contributed by atoms with Gasteiger partial charge in [-0.2, -0.15) is 0 Å². The van der Waals surface area contributed by atoms with Crippen LogP contribution in [0.25, 0.3) is 0 Å². The summed E-state index contributed by atoms with van der Waals surface area (Å²) in [5.74, 6) is 0.591. The highest BCUT2D eigenvalue weighted by Gasteiger charge is 2.09. The van der Waals surface area contributed by atoms with Crippen LogP contribution in [0.2, 0.25) is 0 Å². The lowest BCUT2D eigenvalue weighted by atomic mass is 10.1. The third-order valence-electron chi connectivity index (χ3n) is 2.77. The molecule has 0 spiro atoms. The fourth-order valence-electron chi connectivity index (χ4n) is 1.47. The summed E-state index contributed by atoms with van der Waals surface area (Å²) < 4.78 is 0. The van der Waals surface area contributed by atoms with Crippen LogP contribution in [0.4, 0.5) is 0 Å². The molecular formula is C12H28N2. The van der Waals surface area contributed by atoms with E-state index in [0.29, 0.717) is 12.0 Å². The normalized spacial score (nSPS) is 13.9. The van der Waals surface area contributed by atoms with E-state index >= 15 is 0 Å². The lowest BCUT2D eigenvalue weighted by molar-refractivity contribution is 0.277. The van der Waals surface area contributed by atoms with Gasteiger partial charge in [-0.15, -0.1) is 0 Å². The molecule has 0 aliphatic rings. The lowest BCUT2D eigenvalue weighted by Gasteiger charge is -2.23. The molecule has 0 amide bonds. The van der Waals surface area contributed by atoms with Gasteiger partial charge in [0.2, 0.25) is 0 Å². The van der Waals surface area contributed by atoms with Crippen LogP contribution in [-0.4, -0.2) is 31.1 Å². The molecule has 0 saturated carbocycles. The molecular weight excluding hydrogens is 172 g/mol. The van der Waals surface area contributed by atoms with Crippen LogP contribution in [-0.2, 0) is 0 Å². The van der Waals surface area contributed by atoms with Gasteiger partial charge in [-0.1, -0.05) is 40.0 Å². The first-order valence-corrected chi connectivity index (χ1v) is 6.02. The van der Waals surface area contributed by atoms with Gasteiger partial charge in [0.1, 0.15) is 0 Å². The van der Waals surface area contributed by atoms with Gasteiger partial charge in [-0.05, 0) is 25.9 Å². The Labute approximate surface area is 89.9 Å². The van der Waals surface area contributed by atoms with E-state index in [-0.39, 0.29) is 0 Å². The molecule has 14 heavy (non-hydrogen) atoms. The first kappa shape index (κ1) is 13.9. The van der Waals surface area contributed by atoms with E-state index in [1.54, 1.807) is 0 Å². The quantitative estimate of drug-likeness (QED) is 0.610. The molecule has 86 valence electrons. The third-order valence-corrected chi connectivity index (χ3v) is 2.77. The van der Waals surface area contributed by atoms with E-state index in [1.165, 1.54) is 32.2 Å². The minimum absolute atomic E-state index is 0.325. The van der Waals surface area contributed by atoms with Crippen molar-refractivity contribution < 1.29 is 0 Å². The topological polar surface area (TPSA) is 29.3 Å². The van der Waals surface area contributed by atoms with Crippen molar-refractivity contribution in [2.75, 3.05) is 20.1 Å². The van der Waals surface area contributed by atoms with Crippen molar-refractivity contribution in [2.24, 2.45) is 11.7 Å². The van der Waals surface area contributed by atoms with Crippen molar-refractivity contribution in [1.29, 1.82) is 0 Å². The first-order valence-electron chi connectivity index (χ1n) is 6.02. The molecule has 0 aromatic rings. The van der Waals surface area contributed by atoms with Crippen LogP contribution in [0, 0.1) is 5.92 Å². The molecule has 0 heterocycles. The summed E-state index contributed by atoms with van der Waals surface area (Å²) in [6.45, 7) is 8.85. The van der Waals surface area contributed by atoms with Crippen molar-refractivity contribution in [1.82, 2.24) is 4.90 Å². The maximum Gasteiger partial charge on any atom is 0.0191 e. The van der Waals surface area contributed by atoms with Crippen LogP contribution in [0.3, 0.4) is 0 Å². The highest BCUT2D eigenvalue weighted by molar-refractivity contribution is 4.69. The molecule has 0 aliphatic carbocycles. The monoisotopic (exact) mass is 200 g/mol. The van der Waals surface area contributed by atoms with E-state index in [0.717, 1.165) is 6.54 Å². The van der Waals surface area contributed by atoms with Gasteiger partial charge < -0.3 is 10.6 Å². The Morgan fingerprint density at radius 3 is 2.29 bits per heavy atom. The van der Waals surface area contributed by atoms with Crippen molar-refractivity contribution in [3.8, 4) is 0 Å². The lowest BCUT2D eigenvalue weighted by Crippen LogP contribution is -2.39. The Morgan fingerprint density at radius 2 is 1.79 bits per heavy atom. The zero-order valence-corrected chi connectivity index (χ0v) is 10.4. The number of hydrogen-bond acceptors (Lipinski definition) is 2. The second-order valence-electron chi connectivity index (χ2n) is 4.73. The summed E-state index contributed by atoms with van der Waals surface area (Å²) in [5, 5.41) is 0. The summed E-state index contributed by atoms with van der Waals surface area (Å²) in [6.07, 6.45) is 5.35. The Morgan fingerprint density at radius 1 is 1.14 bits per heavy atom. The molecule has 0 saturated heterocycles. The van der Waals surface area contributed by atoms with Gasteiger partial charge >= 0.3 is 0 Å². The standard InChI is InChI=1S/C12H28N2/c1-5-6-7-8-9-14(4)10-12(13)11(2)3/h11-12H,5-10,13H2,1-4H3. The van der Waals surface area contributed by atoms with Gasteiger partial charge in [0.25, 0.3) is 0 Å². The zero-order valence-electron chi connectivity index (χ0n) is 10.4. The Kier molecular flexibility index (Phi) is 8.20. The van der Waals surface area contributed by atoms with Gasteiger partial charge in [0.15, 0.2) is 0 Å². The van der Waals surface area contributed by atoms with Crippen LogP contribution in [0.1, 0.15) is 46.5 Å². The van der Waals surface area contributed by atoms with Crippen LogP contribution in [0.15, 0.2) is 0 Å². The minimum atomic E-state index is 0.325. The van der Waals surface area contributed by atoms with Crippen molar-refractivity contribution in [2.45, 2.75) is 52.5 Å². The number of nitrogens with zero attached hydrogens (tertiary/aromatic N) is 1. The molecule has 0 aliphatic heterocycles. The number of rotatable bonds is 8. The number of hydrogen-bond donors (Lipinski definition) is 1. The molecule has 2 heteroatoms. The molecule has 1 atom stereocenters. The molecule has 0 radical (unpaired) electrons. The highest BCUT2D eigenvalue weighted by Crippen LogP contribution is 2.03. The van der Waals surface area contributed by atoms with Crippen molar-refractivity contribution in [3.63, 3.8) is 0 Å². The smallest absolute Gasteiger partial charge is 0.0191 e. The summed E-state index contributed by atoms with van der Waals surface area (Å²) in [7, 11) is 2.17. The van der Waals surface area contributed by atoms with Crippen LogP contribution in [0.5, 0.6) is 0 Å². The molecule has 2 N–H and O–H groups in total. The van der Waals surface area contributed by atoms with Crippen molar-refractivity contribution in [3.05, 3.63) is 0 Å². The molecule has 1 unspecified atom stereocenters. The Bertz CT molecular complexity index is 123. The van der Waals surface area contributed by atoms with Gasteiger partial charge in [0.05, 0.1) is 0 Å². The SMILES string of the molecule is CCCCCCN(C)CC(N)C(C)C. The van der Waals surface area contributed by atoms with Crippen LogP contribution >= 0.6 is 0 Å². The summed E-state index contributed by atoms with van der Waals surface area (Å²) >= 11 is 0. The molecule has 2 nitrogen and oxygen atoms in total. The fraction of sp³-hybridized carbons (Fsp3) is 1.00. The first-order chi connectivity index (χ1) is 6.57. The third kappa shape index (κ3) is 7.34. The van der Waals surface area contributed by atoms with E-state index < -0.39 is 0 Å². The second kappa shape index (κ2) is 8.25. The van der Waals surface area contributed by atoms with Crippen molar-refractivity contribution >= 4 is 0 Å². The van der Waals surface area contributed by atoms with E-state index in [4.69, 9.17) is 5.73 Å². The fourth-order valence-corrected chi connectivity index (χ4v) is 1.47. The second-order valence-corrected chi connectivity index (χ2v) is 4.73. The maximum atomic E-state index is 6.01. The Balaban J connectivity index is 3.40. The summed E-state index contributed by atoms with van der Waals surface area (Å²) in [5.41, 5.74) is 6.01. The molecule has 0 rings (SSSR count). The minimum Gasteiger partial charge on any atom is -0.326 e. The predicted octanol–water partition coefficient (Wildman–Crippen LogP) is 2.48. The van der Waals surface area contributed by atoms with E-state index in [9.17, 15) is 0 Å². The average molecular weight is 200 g/mol. The van der Waals surface area contributed by atoms with Gasteiger partial charge in [0, 0.05) is 12.6 Å². The van der Waals surface area contributed by atoms with Crippen LogP contribution < -0.4 is 5.73 Å². The Hall–Kier alpha value is -0.0800. The van der Waals surface area contributed by atoms with Gasteiger partial charge in [-0.3, -0.25) is 0 Å². The summed E-state index contributed by atoms with van der Waals surface area (Å²) in [4.78, 5) is 2.36.